The molecule has 1 N–H and O–H groups in total. The summed E-state index contributed by atoms with van der Waals surface area (Å²) in [6.45, 7) is 0.187. The van der Waals surface area contributed by atoms with E-state index in [9.17, 15) is 8.42 Å². The normalized spacial score (nSPS) is 11.7. The second kappa shape index (κ2) is 7.75. The molecule has 0 amide bonds. The van der Waals surface area contributed by atoms with Gasteiger partial charge in [0.15, 0.2) is 0 Å². The van der Waals surface area contributed by atoms with E-state index in [2.05, 4.69) is 9.71 Å². The molecular formula is C18H20ClN3O4S. The summed E-state index contributed by atoms with van der Waals surface area (Å²) < 4.78 is 40.1. The SMILES string of the molecule is COc1ccc2c(c1)nc(CCNS(=O)(=O)c1cc(Cl)ccc1OC)n2C. The smallest absolute Gasteiger partial charge is 0.244 e. The van der Waals surface area contributed by atoms with Crippen LogP contribution in [0.1, 0.15) is 5.82 Å². The molecule has 144 valence electrons. The van der Waals surface area contributed by atoms with Crippen LogP contribution in [0.3, 0.4) is 0 Å². The van der Waals surface area contributed by atoms with E-state index in [1.54, 1.807) is 13.2 Å². The van der Waals surface area contributed by atoms with Crippen LogP contribution >= 0.6 is 11.6 Å². The molecule has 0 aliphatic rings. The molecule has 3 aromatic rings. The van der Waals surface area contributed by atoms with Gasteiger partial charge in [0.2, 0.25) is 10.0 Å². The topological polar surface area (TPSA) is 82.4 Å². The van der Waals surface area contributed by atoms with Gasteiger partial charge < -0.3 is 14.0 Å². The average molecular weight is 410 g/mol. The van der Waals surface area contributed by atoms with Gasteiger partial charge in [-0.25, -0.2) is 18.1 Å². The van der Waals surface area contributed by atoms with E-state index in [0.29, 0.717) is 11.4 Å². The van der Waals surface area contributed by atoms with Crippen LogP contribution in [0.25, 0.3) is 11.0 Å². The van der Waals surface area contributed by atoms with E-state index >= 15 is 0 Å². The number of hydrogen-bond donors (Lipinski definition) is 1. The van der Waals surface area contributed by atoms with Gasteiger partial charge in [0.25, 0.3) is 0 Å². The van der Waals surface area contributed by atoms with Crippen molar-refractivity contribution >= 4 is 32.7 Å². The number of methoxy groups -OCH3 is 2. The maximum Gasteiger partial charge on any atom is 0.244 e. The van der Waals surface area contributed by atoms with Crippen LogP contribution in [0.2, 0.25) is 5.02 Å². The van der Waals surface area contributed by atoms with Crippen LogP contribution in [-0.2, 0) is 23.5 Å². The number of nitrogens with zero attached hydrogens (tertiary/aromatic N) is 2. The van der Waals surface area contributed by atoms with Crippen LogP contribution in [0, 0.1) is 0 Å². The highest BCUT2D eigenvalue weighted by Crippen LogP contribution is 2.27. The Kier molecular flexibility index (Phi) is 5.59. The van der Waals surface area contributed by atoms with Crippen molar-refractivity contribution in [2.75, 3.05) is 20.8 Å². The van der Waals surface area contributed by atoms with Gasteiger partial charge in [0, 0.05) is 31.1 Å². The van der Waals surface area contributed by atoms with E-state index in [1.165, 1.54) is 19.2 Å². The minimum atomic E-state index is -3.77. The Hall–Kier alpha value is -2.29. The number of aromatic nitrogens is 2. The quantitative estimate of drug-likeness (QED) is 0.648. The van der Waals surface area contributed by atoms with Gasteiger partial charge in [-0.1, -0.05) is 11.6 Å². The second-order valence-electron chi connectivity index (χ2n) is 5.88. The van der Waals surface area contributed by atoms with Crippen LogP contribution in [0.4, 0.5) is 0 Å². The average Bonchev–Trinajstić information content (AvgIpc) is 2.96. The molecule has 0 aliphatic heterocycles. The number of ether oxygens (including phenoxy) is 2. The molecule has 1 aromatic heterocycles. The first kappa shape index (κ1) is 19.5. The molecule has 27 heavy (non-hydrogen) atoms. The van der Waals surface area contributed by atoms with E-state index in [-0.39, 0.29) is 17.2 Å². The van der Waals surface area contributed by atoms with E-state index in [4.69, 9.17) is 21.1 Å². The molecule has 1 heterocycles. The zero-order chi connectivity index (χ0) is 19.6. The molecule has 0 saturated carbocycles. The molecule has 0 radical (unpaired) electrons. The van der Waals surface area contributed by atoms with Crippen LogP contribution in [0.5, 0.6) is 11.5 Å². The molecule has 2 aromatic carbocycles. The fourth-order valence-electron chi connectivity index (χ4n) is 2.82. The summed E-state index contributed by atoms with van der Waals surface area (Å²) in [5, 5.41) is 0.320. The number of rotatable bonds is 7. The predicted molar refractivity (Wildman–Crippen MR) is 104 cm³/mol. The lowest BCUT2D eigenvalue weighted by Gasteiger charge is -2.11. The Bertz CT molecular complexity index is 1080. The number of halogens is 1. The Morgan fingerprint density at radius 3 is 2.63 bits per heavy atom. The largest absolute Gasteiger partial charge is 0.497 e. The summed E-state index contributed by atoms with van der Waals surface area (Å²) in [5.41, 5.74) is 1.75. The molecule has 0 unspecified atom stereocenters. The minimum absolute atomic E-state index is 0.00670. The third-order valence-corrected chi connectivity index (χ3v) is 5.95. The summed E-state index contributed by atoms with van der Waals surface area (Å²) in [6, 6.07) is 10.1. The van der Waals surface area contributed by atoms with Crippen molar-refractivity contribution in [1.29, 1.82) is 0 Å². The molecule has 0 saturated heterocycles. The molecule has 0 fully saturated rings. The number of fused-ring (bicyclic) bond motifs is 1. The molecular weight excluding hydrogens is 390 g/mol. The molecule has 7 nitrogen and oxygen atoms in total. The molecule has 0 atom stereocenters. The van der Waals surface area contributed by atoms with Crippen molar-refractivity contribution in [1.82, 2.24) is 14.3 Å². The summed E-state index contributed by atoms with van der Waals surface area (Å²) in [4.78, 5) is 4.57. The van der Waals surface area contributed by atoms with Crippen LogP contribution in [-0.4, -0.2) is 38.7 Å². The predicted octanol–water partition coefficient (Wildman–Crippen LogP) is 2.76. The van der Waals surface area contributed by atoms with Gasteiger partial charge in [-0.05, 0) is 30.3 Å². The number of benzene rings is 2. The van der Waals surface area contributed by atoms with E-state index in [0.717, 1.165) is 22.6 Å². The minimum Gasteiger partial charge on any atom is -0.497 e. The van der Waals surface area contributed by atoms with Gasteiger partial charge in [-0.2, -0.15) is 0 Å². The van der Waals surface area contributed by atoms with Gasteiger partial charge >= 0.3 is 0 Å². The summed E-state index contributed by atoms with van der Waals surface area (Å²) in [6.07, 6.45) is 0.426. The number of imidazole rings is 1. The highest BCUT2D eigenvalue weighted by molar-refractivity contribution is 7.89. The van der Waals surface area contributed by atoms with Crippen molar-refractivity contribution in [2.45, 2.75) is 11.3 Å². The Labute approximate surface area is 162 Å². The Morgan fingerprint density at radius 2 is 1.93 bits per heavy atom. The number of aryl methyl sites for hydroxylation is 1. The van der Waals surface area contributed by atoms with Crippen molar-refractivity contribution in [3.8, 4) is 11.5 Å². The summed E-state index contributed by atoms with van der Waals surface area (Å²) >= 11 is 5.93. The van der Waals surface area contributed by atoms with Crippen LogP contribution in [0.15, 0.2) is 41.3 Å². The number of nitrogens with one attached hydrogen (secondary N) is 1. The Balaban J connectivity index is 1.77. The van der Waals surface area contributed by atoms with Crippen molar-refractivity contribution in [3.63, 3.8) is 0 Å². The lowest BCUT2D eigenvalue weighted by atomic mass is 10.3. The highest BCUT2D eigenvalue weighted by Gasteiger charge is 2.20. The molecule has 0 bridgehead atoms. The zero-order valence-electron chi connectivity index (χ0n) is 15.2. The monoisotopic (exact) mass is 409 g/mol. The van der Waals surface area contributed by atoms with Gasteiger partial charge in [-0.15, -0.1) is 0 Å². The maximum absolute atomic E-state index is 12.6. The third kappa shape index (κ3) is 4.02. The van der Waals surface area contributed by atoms with Crippen LogP contribution < -0.4 is 14.2 Å². The van der Waals surface area contributed by atoms with Gasteiger partial charge in [0.1, 0.15) is 22.2 Å². The fraction of sp³-hybridized carbons (Fsp3) is 0.278. The number of hydrogen-bond acceptors (Lipinski definition) is 5. The van der Waals surface area contributed by atoms with Crippen molar-refractivity contribution < 1.29 is 17.9 Å². The van der Waals surface area contributed by atoms with E-state index < -0.39 is 10.0 Å². The molecule has 0 spiro atoms. The lowest BCUT2D eigenvalue weighted by Crippen LogP contribution is -2.27. The first-order valence-corrected chi connectivity index (χ1v) is 10.0. The zero-order valence-corrected chi connectivity index (χ0v) is 16.8. The number of sulfonamides is 1. The first-order chi connectivity index (χ1) is 12.9. The fourth-order valence-corrected chi connectivity index (χ4v) is 4.28. The molecule has 3 rings (SSSR count). The summed E-state index contributed by atoms with van der Waals surface area (Å²) in [5.74, 6) is 1.72. The Morgan fingerprint density at radius 1 is 1.15 bits per heavy atom. The first-order valence-electron chi connectivity index (χ1n) is 8.18. The van der Waals surface area contributed by atoms with Gasteiger partial charge in [0.05, 0.1) is 25.3 Å². The van der Waals surface area contributed by atoms with Gasteiger partial charge in [-0.3, -0.25) is 0 Å². The lowest BCUT2D eigenvalue weighted by molar-refractivity contribution is 0.402. The molecule has 9 heteroatoms. The van der Waals surface area contributed by atoms with Crippen molar-refractivity contribution in [3.05, 3.63) is 47.2 Å². The standard InChI is InChI=1S/C18H20ClN3O4S/c1-22-15-6-5-13(25-2)11-14(15)21-18(22)8-9-20-27(23,24)17-10-12(19)4-7-16(17)26-3/h4-7,10-11,20H,8-9H2,1-3H3. The summed E-state index contributed by atoms with van der Waals surface area (Å²) in [7, 11) is 1.14. The molecule has 0 aliphatic carbocycles. The van der Waals surface area contributed by atoms with Crippen molar-refractivity contribution in [2.24, 2.45) is 7.05 Å². The highest BCUT2D eigenvalue weighted by atomic mass is 35.5. The van der Waals surface area contributed by atoms with E-state index in [1.807, 2.05) is 29.8 Å². The second-order valence-corrected chi connectivity index (χ2v) is 8.06. The third-order valence-electron chi connectivity index (χ3n) is 4.24. The maximum atomic E-state index is 12.6.